The predicted molar refractivity (Wildman–Crippen MR) is 57.1 cm³/mol. The quantitative estimate of drug-likeness (QED) is 0.683. The van der Waals surface area contributed by atoms with E-state index in [1.807, 2.05) is 18.7 Å². The molecule has 0 unspecified atom stereocenters. The Morgan fingerprint density at radius 2 is 2.15 bits per heavy atom. The van der Waals surface area contributed by atoms with E-state index in [0.717, 1.165) is 12.1 Å². The summed E-state index contributed by atoms with van der Waals surface area (Å²) in [5.41, 5.74) is 3.49. The molecule has 0 aromatic carbocycles. The van der Waals surface area contributed by atoms with Crippen LogP contribution in [-0.4, -0.2) is 15.7 Å². The lowest BCUT2D eigenvalue weighted by molar-refractivity contribution is 0.731. The zero-order valence-electron chi connectivity index (χ0n) is 8.34. The lowest BCUT2D eigenvalue weighted by Crippen LogP contribution is -1.92. The highest BCUT2D eigenvalue weighted by Crippen LogP contribution is 2.13. The Kier molecular flexibility index (Phi) is 3.55. The average Bonchev–Trinajstić information content (AvgIpc) is 2.32. The largest absolute Gasteiger partial charge is 0.272 e. The van der Waals surface area contributed by atoms with Gasteiger partial charge in [0.2, 0.25) is 0 Å². The molecule has 0 amide bonds. The van der Waals surface area contributed by atoms with Crippen molar-refractivity contribution in [1.29, 1.82) is 0 Å². The molecule has 0 aliphatic heterocycles. The predicted octanol–water partition coefficient (Wildman–Crippen LogP) is 2.68. The van der Waals surface area contributed by atoms with Gasteiger partial charge in [0.1, 0.15) is 0 Å². The Hall–Kier alpha value is -0.760. The van der Waals surface area contributed by atoms with E-state index in [4.69, 9.17) is 11.6 Å². The molecule has 0 saturated heterocycles. The Morgan fingerprint density at radius 1 is 1.46 bits per heavy atom. The number of alkyl halides is 1. The first-order valence-electron chi connectivity index (χ1n) is 4.39. The first-order valence-corrected chi connectivity index (χ1v) is 4.93. The summed E-state index contributed by atoms with van der Waals surface area (Å²) in [7, 11) is 1.96. The summed E-state index contributed by atoms with van der Waals surface area (Å²) >= 11 is 5.58. The van der Waals surface area contributed by atoms with Gasteiger partial charge in [-0.2, -0.15) is 5.10 Å². The van der Waals surface area contributed by atoms with E-state index in [0.29, 0.717) is 5.88 Å². The number of aromatic nitrogens is 2. The zero-order chi connectivity index (χ0) is 9.84. The van der Waals surface area contributed by atoms with Crippen molar-refractivity contribution in [3.8, 4) is 0 Å². The number of nitrogens with zero attached hydrogens (tertiary/aromatic N) is 2. The Bertz CT molecular complexity index is 313. The molecule has 0 radical (unpaired) electrons. The third-order valence-electron chi connectivity index (χ3n) is 2.13. The standard InChI is InChI=1S/C10H15ClN2/c1-8-10(6-4-5-7-11)9(2)13(3)12-8/h4,6H,5,7H2,1-3H3. The minimum atomic E-state index is 0.675. The van der Waals surface area contributed by atoms with E-state index >= 15 is 0 Å². The third-order valence-corrected chi connectivity index (χ3v) is 2.34. The van der Waals surface area contributed by atoms with Crippen LogP contribution in [0, 0.1) is 13.8 Å². The Labute approximate surface area is 84.2 Å². The van der Waals surface area contributed by atoms with E-state index in [2.05, 4.69) is 24.2 Å². The molecule has 72 valence electrons. The van der Waals surface area contributed by atoms with Crippen molar-refractivity contribution >= 4 is 17.7 Å². The van der Waals surface area contributed by atoms with Gasteiger partial charge >= 0.3 is 0 Å². The normalized spacial score (nSPS) is 11.4. The number of rotatable bonds is 3. The van der Waals surface area contributed by atoms with E-state index in [1.54, 1.807) is 0 Å². The molecule has 0 spiro atoms. The minimum Gasteiger partial charge on any atom is -0.272 e. The first-order chi connectivity index (χ1) is 6.16. The van der Waals surface area contributed by atoms with Gasteiger partial charge < -0.3 is 0 Å². The summed E-state index contributed by atoms with van der Waals surface area (Å²) in [6.07, 6.45) is 5.10. The van der Waals surface area contributed by atoms with Crippen molar-refractivity contribution in [2.75, 3.05) is 5.88 Å². The Balaban J connectivity index is 2.87. The fraction of sp³-hybridized carbons (Fsp3) is 0.500. The van der Waals surface area contributed by atoms with Crippen molar-refractivity contribution in [3.63, 3.8) is 0 Å². The van der Waals surface area contributed by atoms with Gasteiger partial charge in [0.15, 0.2) is 0 Å². The molecule has 0 bridgehead atoms. The summed E-state index contributed by atoms with van der Waals surface area (Å²) in [6.45, 7) is 4.09. The van der Waals surface area contributed by atoms with Crippen LogP contribution >= 0.6 is 11.6 Å². The molecule has 2 nitrogen and oxygen atoms in total. The van der Waals surface area contributed by atoms with Crippen molar-refractivity contribution in [2.24, 2.45) is 7.05 Å². The third kappa shape index (κ3) is 2.34. The smallest absolute Gasteiger partial charge is 0.0668 e. The van der Waals surface area contributed by atoms with Crippen LogP contribution in [0.1, 0.15) is 23.4 Å². The van der Waals surface area contributed by atoms with Crippen LogP contribution in [0.3, 0.4) is 0 Å². The number of halogens is 1. The van der Waals surface area contributed by atoms with Gasteiger partial charge in [-0.25, -0.2) is 0 Å². The van der Waals surface area contributed by atoms with Crippen LogP contribution in [0.25, 0.3) is 6.08 Å². The van der Waals surface area contributed by atoms with E-state index in [9.17, 15) is 0 Å². The van der Waals surface area contributed by atoms with Gasteiger partial charge in [0.05, 0.1) is 5.69 Å². The fourth-order valence-corrected chi connectivity index (χ4v) is 1.42. The number of hydrogen-bond acceptors (Lipinski definition) is 1. The highest BCUT2D eigenvalue weighted by molar-refractivity contribution is 6.17. The van der Waals surface area contributed by atoms with Gasteiger partial charge in [0, 0.05) is 24.2 Å². The molecule has 0 atom stereocenters. The average molecular weight is 199 g/mol. The van der Waals surface area contributed by atoms with Gasteiger partial charge in [-0.05, 0) is 20.3 Å². The molecule has 1 rings (SSSR count). The molecule has 0 fully saturated rings. The molecular formula is C10H15ClN2. The van der Waals surface area contributed by atoms with Crippen LogP contribution in [0.4, 0.5) is 0 Å². The second kappa shape index (κ2) is 4.47. The van der Waals surface area contributed by atoms with Crippen molar-refractivity contribution in [3.05, 3.63) is 23.0 Å². The second-order valence-electron chi connectivity index (χ2n) is 3.09. The highest BCUT2D eigenvalue weighted by atomic mass is 35.5. The molecular weight excluding hydrogens is 184 g/mol. The molecule has 13 heavy (non-hydrogen) atoms. The monoisotopic (exact) mass is 198 g/mol. The van der Waals surface area contributed by atoms with E-state index in [1.165, 1.54) is 11.3 Å². The molecule has 1 heterocycles. The maximum absolute atomic E-state index is 5.58. The number of allylic oxidation sites excluding steroid dienone is 1. The van der Waals surface area contributed by atoms with Crippen molar-refractivity contribution < 1.29 is 0 Å². The maximum atomic E-state index is 5.58. The number of hydrogen-bond donors (Lipinski definition) is 0. The summed E-state index contributed by atoms with van der Waals surface area (Å²) in [4.78, 5) is 0. The van der Waals surface area contributed by atoms with Gasteiger partial charge in [-0.3, -0.25) is 4.68 Å². The topological polar surface area (TPSA) is 17.8 Å². The van der Waals surface area contributed by atoms with Crippen LogP contribution < -0.4 is 0 Å². The summed E-state index contributed by atoms with van der Waals surface area (Å²) in [5.74, 6) is 0.675. The fourth-order valence-electron chi connectivity index (χ4n) is 1.30. The van der Waals surface area contributed by atoms with Gasteiger partial charge in [-0.1, -0.05) is 12.2 Å². The van der Waals surface area contributed by atoms with Crippen molar-refractivity contribution in [2.45, 2.75) is 20.3 Å². The van der Waals surface area contributed by atoms with Crippen LogP contribution in [-0.2, 0) is 7.05 Å². The minimum absolute atomic E-state index is 0.675. The van der Waals surface area contributed by atoms with Gasteiger partial charge in [-0.15, -0.1) is 11.6 Å². The van der Waals surface area contributed by atoms with E-state index < -0.39 is 0 Å². The number of aryl methyl sites for hydroxylation is 2. The Morgan fingerprint density at radius 3 is 2.62 bits per heavy atom. The maximum Gasteiger partial charge on any atom is 0.0668 e. The molecule has 0 N–H and O–H groups in total. The first kappa shape index (κ1) is 10.3. The van der Waals surface area contributed by atoms with Crippen LogP contribution in [0.15, 0.2) is 6.08 Å². The van der Waals surface area contributed by atoms with Crippen LogP contribution in [0.5, 0.6) is 0 Å². The zero-order valence-corrected chi connectivity index (χ0v) is 9.10. The lowest BCUT2D eigenvalue weighted by atomic mass is 10.2. The summed E-state index contributed by atoms with van der Waals surface area (Å²) in [6, 6.07) is 0. The molecule has 0 aliphatic rings. The second-order valence-corrected chi connectivity index (χ2v) is 3.47. The SMILES string of the molecule is Cc1nn(C)c(C)c1C=CCCCl. The van der Waals surface area contributed by atoms with Gasteiger partial charge in [0.25, 0.3) is 0 Å². The molecule has 1 aromatic rings. The highest BCUT2D eigenvalue weighted by Gasteiger charge is 2.04. The molecule has 1 aromatic heterocycles. The lowest BCUT2D eigenvalue weighted by Gasteiger charge is -1.93. The summed E-state index contributed by atoms with van der Waals surface area (Å²) in [5, 5.41) is 4.32. The van der Waals surface area contributed by atoms with Crippen LogP contribution in [0.2, 0.25) is 0 Å². The van der Waals surface area contributed by atoms with E-state index in [-0.39, 0.29) is 0 Å². The van der Waals surface area contributed by atoms with Crippen molar-refractivity contribution in [1.82, 2.24) is 9.78 Å². The molecule has 3 heteroatoms. The summed E-state index contributed by atoms with van der Waals surface area (Å²) < 4.78 is 1.90. The molecule has 0 saturated carbocycles. The molecule has 0 aliphatic carbocycles.